The van der Waals surface area contributed by atoms with E-state index in [2.05, 4.69) is 21.5 Å². The van der Waals surface area contributed by atoms with E-state index >= 15 is 0 Å². The second-order valence-corrected chi connectivity index (χ2v) is 6.33. The van der Waals surface area contributed by atoms with Crippen molar-refractivity contribution in [1.29, 1.82) is 0 Å². The Bertz CT molecular complexity index is 797. The van der Waals surface area contributed by atoms with Gasteiger partial charge in [0, 0.05) is 6.54 Å². The number of rotatable bonds is 8. The summed E-state index contributed by atoms with van der Waals surface area (Å²) in [4.78, 5) is 12.4. The summed E-state index contributed by atoms with van der Waals surface area (Å²) in [7, 11) is 4.84. The third-order valence-corrected chi connectivity index (χ3v) is 4.58. The third-order valence-electron chi connectivity index (χ3n) is 4.58. The SMILES string of the molecule is COc1ccc(C2NNC(NCCc3ccc(OC)c(OC)c3)NC2=O)cc1. The molecule has 0 aromatic heterocycles. The molecule has 3 rings (SSSR count). The number of hydrogen-bond acceptors (Lipinski definition) is 7. The fraction of sp³-hybridized carbons (Fsp3) is 0.350. The van der Waals surface area contributed by atoms with Crippen LogP contribution in [0.2, 0.25) is 0 Å². The second-order valence-electron chi connectivity index (χ2n) is 6.33. The number of ether oxygens (including phenoxy) is 3. The van der Waals surface area contributed by atoms with Crippen LogP contribution in [0.4, 0.5) is 0 Å². The summed E-state index contributed by atoms with van der Waals surface area (Å²) in [5, 5.41) is 6.18. The lowest BCUT2D eigenvalue weighted by molar-refractivity contribution is -0.127. The van der Waals surface area contributed by atoms with Crippen LogP contribution in [0.3, 0.4) is 0 Å². The minimum absolute atomic E-state index is 0.104. The van der Waals surface area contributed by atoms with Gasteiger partial charge < -0.3 is 19.5 Å². The summed E-state index contributed by atoms with van der Waals surface area (Å²) < 4.78 is 15.7. The minimum Gasteiger partial charge on any atom is -0.497 e. The van der Waals surface area contributed by atoms with Gasteiger partial charge in [0.2, 0.25) is 5.91 Å². The number of carbonyl (C=O) groups excluding carboxylic acids is 1. The van der Waals surface area contributed by atoms with Gasteiger partial charge in [-0.05, 0) is 41.8 Å². The van der Waals surface area contributed by atoms with Crippen LogP contribution in [0.1, 0.15) is 17.2 Å². The summed E-state index contributed by atoms with van der Waals surface area (Å²) in [6.07, 6.45) is 0.415. The summed E-state index contributed by atoms with van der Waals surface area (Å²) in [5.41, 5.74) is 8.10. The van der Waals surface area contributed by atoms with E-state index in [1.54, 1.807) is 21.3 Å². The lowest BCUT2D eigenvalue weighted by Crippen LogP contribution is -2.66. The molecular formula is C20H26N4O4. The van der Waals surface area contributed by atoms with E-state index in [9.17, 15) is 4.79 Å². The van der Waals surface area contributed by atoms with Crippen molar-refractivity contribution in [2.45, 2.75) is 18.8 Å². The first-order valence-corrected chi connectivity index (χ1v) is 9.04. The average molecular weight is 386 g/mol. The smallest absolute Gasteiger partial charge is 0.245 e. The summed E-state index contributed by atoms with van der Waals surface area (Å²) in [6, 6.07) is 12.8. The highest BCUT2D eigenvalue weighted by Crippen LogP contribution is 2.27. The maximum atomic E-state index is 12.4. The molecule has 0 radical (unpaired) electrons. The van der Waals surface area contributed by atoms with Crippen molar-refractivity contribution in [3.05, 3.63) is 53.6 Å². The van der Waals surface area contributed by atoms with E-state index in [4.69, 9.17) is 14.2 Å². The van der Waals surface area contributed by atoms with Crippen molar-refractivity contribution in [3.63, 3.8) is 0 Å². The maximum absolute atomic E-state index is 12.4. The van der Waals surface area contributed by atoms with E-state index in [1.807, 2.05) is 42.5 Å². The zero-order chi connectivity index (χ0) is 19.9. The molecule has 0 aliphatic carbocycles. The normalized spacial score (nSPS) is 19.0. The maximum Gasteiger partial charge on any atom is 0.245 e. The Hall–Kier alpha value is -2.81. The quantitative estimate of drug-likeness (QED) is 0.540. The van der Waals surface area contributed by atoms with Gasteiger partial charge in [0.25, 0.3) is 0 Å². The van der Waals surface area contributed by atoms with Crippen LogP contribution in [-0.4, -0.2) is 40.1 Å². The highest BCUT2D eigenvalue weighted by Gasteiger charge is 2.28. The molecule has 1 fully saturated rings. The fourth-order valence-corrected chi connectivity index (χ4v) is 3.02. The Morgan fingerprint density at radius 2 is 1.68 bits per heavy atom. The monoisotopic (exact) mass is 386 g/mol. The van der Waals surface area contributed by atoms with Gasteiger partial charge in [0.1, 0.15) is 18.1 Å². The molecule has 0 saturated carbocycles. The predicted octanol–water partition coefficient (Wildman–Crippen LogP) is 1.09. The van der Waals surface area contributed by atoms with Crippen LogP contribution in [0.25, 0.3) is 0 Å². The molecule has 4 N–H and O–H groups in total. The van der Waals surface area contributed by atoms with Gasteiger partial charge in [0.15, 0.2) is 11.5 Å². The second kappa shape index (κ2) is 9.41. The molecule has 2 aromatic carbocycles. The van der Waals surface area contributed by atoms with E-state index in [-0.39, 0.29) is 12.2 Å². The molecule has 0 spiro atoms. The van der Waals surface area contributed by atoms with Gasteiger partial charge in [-0.3, -0.25) is 10.1 Å². The number of carbonyl (C=O) groups is 1. The number of hydrazine groups is 1. The Kier molecular flexibility index (Phi) is 6.70. The predicted molar refractivity (Wildman–Crippen MR) is 105 cm³/mol. The van der Waals surface area contributed by atoms with Gasteiger partial charge in [-0.15, -0.1) is 0 Å². The zero-order valence-corrected chi connectivity index (χ0v) is 16.2. The third kappa shape index (κ3) is 4.72. The molecule has 28 heavy (non-hydrogen) atoms. The van der Waals surface area contributed by atoms with Crippen molar-refractivity contribution < 1.29 is 19.0 Å². The van der Waals surface area contributed by atoms with Crippen molar-refractivity contribution in [1.82, 2.24) is 21.5 Å². The lowest BCUT2D eigenvalue weighted by Gasteiger charge is -2.32. The molecule has 2 aromatic rings. The van der Waals surface area contributed by atoms with Gasteiger partial charge >= 0.3 is 0 Å². The Morgan fingerprint density at radius 1 is 0.929 bits per heavy atom. The number of methoxy groups -OCH3 is 3. The number of benzene rings is 2. The van der Waals surface area contributed by atoms with Crippen LogP contribution < -0.4 is 35.7 Å². The van der Waals surface area contributed by atoms with Crippen LogP contribution in [0, 0.1) is 0 Å². The lowest BCUT2D eigenvalue weighted by atomic mass is 10.1. The highest BCUT2D eigenvalue weighted by molar-refractivity contribution is 5.84. The van der Waals surface area contributed by atoms with Crippen molar-refractivity contribution in [3.8, 4) is 17.2 Å². The van der Waals surface area contributed by atoms with E-state index in [1.165, 1.54) is 0 Å². The van der Waals surface area contributed by atoms with E-state index in [0.717, 1.165) is 23.3 Å². The molecule has 8 nitrogen and oxygen atoms in total. The summed E-state index contributed by atoms with van der Waals surface area (Å²) in [5.74, 6) is 2.05. The molecule has 2 atom stereocenters. The van der Waals surface area contributed by atoms with Crippen molar-refractivity contribution in [2.75, 3.05) is 27.9 Å². The van der Waals surface area contributed by atoms with E-state index in [0.29, 0.717) is 18.0 Å². The topological polar surface area (TPSA) is 92.9 Å². The van der Waals surface area contributed by atoms with Gasteiger partial charge in [-0.2, -0.15) is 0 Å². The van der Waals surface area contributed by atoms with Gasteiger partial charge in [0.05, 0.1) is 21.3 Å². The molecule has 1 saturated heterocycles. The molecule has 2 unspecified atom stereocenters. The molecule has 8 heteroatoms. The van der Waals surface area contributed by atoms with Gasteiger partial charge in [-0.1, -0.05) is 18.2 Å². The van der Waals surface area contributed by atoms with Crippen molar-refractivity contribution >= 4 is 5.91 Å². The molecule has 1 aliphatic heterocycles. The van der Waals surface area contributed by atoms with Crippen LogP contribution >= 0.6 is 0 Å². The first-order chi connectivity index (χ1) is 13.6. The molecular weight excluding hydrogens is 360 g/mol. The standard InChI is InChI=1S/C20H26N4O4/c1-26-15-7-5-14(6-8-15)18-19(25)22-20(24-23-18)21-11-10-13-4-9-16(27-2)17(12-13)28-3/h4-9,12,18,20-21,23-24H,10-11H2,1-3H3,(H,22,25). The molecule has 1 heterocycles. The Morgan fingerprint density at radius 3 is 2.32 bits per heavy atom. The molecule has 1 aliphatic rings. The molecule has 150 valence electrons. The molecule has 1 amide bonds. The Labute approximate surface area is 164 Å². The largest absolute Gasteiger partial charge is 0.497 e. The molecule has 0 bridgehead atoms. The number of nitrogens with one attached hydrogen (secondary N) is 4. The van der Waals surface area contributed by atoms with E-state index < -0.39 is 6.04 Å². The summed E-state index contributed by atoms with van der Waals surface area (Å²) in [6.45, 7) is 0.669. The fourth-order valence-electron chi connectivity index (χ4n) is 3.02. The average Bonchev–Trinajstić information content (AvgIpc) is 2.74. The number of amides is 1. The van der Waals surface area contributed by atoms with Crippen molar-refractivity contribution in [2.24, 2.45) is 0 Å². The van der Waals surface area contributed by atoms with Crippen LogP contribution in [0.15, 0.2) is 42.5 Å². The van der Waals surface area contributed by atoms with Gasteiger partial charge in [-0.25, -0.2) is 10.9 Å². The number of hydrogen-bond donors (Lipinski definition) is 4. The minimum atomic E-state index is -0.463. The summed E-state index contributed by atoms with van der Waals surface area (Å²) >= 11 is 0. The highest BCUT2D eigenvalue weighted by atomic mass is 16.5. The first-order valence-electron chi connectivity index (χ1n) is 9.04. The first kappa shape index (κ1) is 19.9. The van der Waals surface area contributed by atoms with Crippen LogP contribution in [-0.2, 0) is 11.2 Å². The van der Waals surface area contributed by atoms with Crippen LogP contribution in [0.5, 0.6) is 17.2 Å². The Balaban J connectivity index is 1.49. The zero-order valence-electron chi connectivity index (χ0n) is 16.2.